The summed E-state index contributed by atoms with van der Waals surface area (Å²) in [4.78, 5) is -0.370. The summed E-state index contributed by atoms with van der Waals surface area (Å²) in [6, 6.07) is 0. The number of hydrogen-bond donors (Lipinski definition) is 3. The molecular weight excluding hydrogens is 280 g/mol. The molecule has 0 aliphatic heterocycles. The van der Waals surface area contributed by atoms with E-state index in [4.69, 9.17) is 15.3 Å². The van der Waals surface area contributed by atoms with Crippen LogP contribution < -0.4 is 0 Å². The molecule has 0 bridgehead atoms. The first-order valence-electron chi connectivity index (χ1n) is 3.10. The smallest absolute Gasteiger partial charge is 0.314 e. The summed E-state index contributed by atoms with van der Waals surface area (Å²) in [5.74, 6) is -1.42. The molecular formula is C6H10Br2O3. The minimum atomic E-state index is -1.01. The molecule has 3 N–H and O–H groups in total. The van der Waals surface area contributed by atoms with Gasteiger partial charge >= 0.3 is 5.95 Å². The average Bonchev–Trinajstić information content (AvgIpc) is 1.98. The first kappa shape index (κ1) is 11.1. The van der Waals surface area contributed by atoms with Gasteiger partial charge in [0.1, 0.15) is 0 Å². The van der Waals surface area contributed by atoms with Crippen molar-refractivity contribution in [1.29, 1.82) is 0 Å². The minimum Gasteiger partial charge on any atom is -0.505 e. The molecule has 11 heavy (non-hydrogen) atoms. The quantitative estimate of drug-likeness (QED) is 0.551. The summed E-state index contributed by atoms with van der Waals surface area (Å²) in [6.45, 7) is 0. The molecule has 5 heteroatoms. The summed E-state index contributed by atoms with van der Waals surface area (Å²) < 4.78 is 0. The van der Waals surface area contributed by atoms with Gasteiger partial charge in [0.2, 0.25) is 0 Å². The molecule has 1 atom stereocenters. The molecule has 0 heterocycles. The largest absolute Gasteiger partial charge is 0.505 e. The van der Waals surface area contributed by atoms with Crippen LogP contribution in [0.25, 0.3) is 0 Å². The lowest BCUT2D eigenvalue weighted by molar-refractivity contribution is 0.155. The normalized spacial score (nSPS) is 12.5. The minimum absolute atomic E-state index is 0.370. The lowest BCUT2D eigenvalue weighted by Crippen LogP contribution is -2.05. The third-order valence-electron chi connectivity index (χ3n) is 1.12. The molecule has 0 aromatic rings. The fourth-order valence-electron chi connectivity index (χ4n) is 0.533. The number of rotatable bonds is 4. The predicted molar refractivity (Wildman–Crippen MR) is 50.7 cm³/mol. The molecule has 0 aromatic carbocycles. The number of hydrogen-bond acceptors (Lipinski definition) is 3. The van der Waals surface area contributed by atoms with E-state index in [1.54, 1.807) is 0 Å². The van der Waals surface area contributed by atoms with Crippen molar-refractivity contribution in [3.8, 4) is 0 Å². The van der Waals surface area contributed by atoms with Gasteiger partial charge in [0.15, 0.2) is 5.76 Å². The second-order valence-corrected chi connectivity index (χ2v) is 3.91. The van der Waals surface area contributed by atoms with E-state index < -0.39 is 11.7 Å². The van der Waals surface area contributed by atoms with E-state index in [-0.39, 0.29) is 4.83 Å². The maximum atomic E-state index is 8.94. The fourth-order valence-corrected chi connectivity index (χ4v) is 1.39. The lowest BCUT2D eigenvalue weighted by atomic mass is 10.2. The Bertz CT molecular complexity index is 143. The molecule has 0 spiro atoms. The van der Waals surface area contributed by atoms with Gasteiger partial charge < -0.3 is 15.3 Å². The molecule has 0 aliphatic rings. The van der Waals surface area contributed by atoms with Gasteiger partial charge in [-0.25, -0.2) is 0 Å². The van der Waals surface area contributed by atoms with Crippen LogP contribution >= 0.6 is 31.9 Å². The summed E-state index contributed by atoms with van der Waals surface area (Å²) in [5, 5.41) is 26.6. The average molecular weight is 290 g/mol. The predicted octanol–water partition coefficient (Wildman–Crippen LogP) is 2.77. The topological polar surface area (TPSA) is 60.7 Å². The Morgan fingerprint density at radius 1 is 1.27 bits per heavy atom. The zero-order valence-electron chi connectivity index (χ0n) is 5.80. The van der Waals surface area contributed by atoms with Crippen molar-refractivity contribution in [3.05, 3.63) is 11.7 Å². The van der Waals surface area contributed by atoms with Crippen LogP contribution in [0.15, 0.2) is 11.7 Å². The van der Waals surface area contributed by atoms with Gasteiger partial charge in [0, 0.05) is 5.33 Å². The summed E-state index contributed by atoms with van der Waals surface area (Å²) in [6.07, 6.45) is 1.51. The highest BCUT2D eigenvalue weighted by Gasteiger charge is 2.13. The molecule has 1 unspecified atom stereocenters. The second kappa shape index (κ2) is 5.71. The first-order valence-corrected chi connectivity index (χ1v) is 5.14. The number of halogens is 2. The summed E-state index contributed by atoms with van der Waals surface area (Å²) in [7, 11) is 0. The van der Waals surface area contributed by atoms with Crippen molar-refractivity contribution in [2.75, 3.05) is 5.33 Å². The molecule has 0 aromatic heterocycles. The second-order valence-electron chi connectivity index (χ2n) is 2.01. The van der Waals surface area contributed by atoms with Crippen LogP contribution in [0, 0.1) is 0 Å². The Kier molecular flexibility index (Phi) is 5.76. The van der Waals surface area contributed by atoms with Crippen LogP contribution in [0.2, 0.25) is 0 Å². The summed E-state index contributed by atoms with van der Waals surface area (Å²) in [5.41, 5.74) is 0. The van der Waals surface area contributed by atoms with Crippen LogP contribution in [-0.4, -0.2) is 25.5 Å². The molecule has 0 rings (SSSR count). The fraction of sp³-hybridized carbons (Fsp3) is 0.667. The Morgan fingerprint density at radius 3 is 2.18 bits per heavy atom. The Morgan fingerprint density at radius 2 is 1.82 bits per heavy atom. The zero-order valence-corrected chi connectivity index (χ0v) is 8.97. The molecule has 0 saturated carbocycles. The number of alkyl halides is 2. The molecule has 66 valence electrons. The molecule has 0 saturated heterocycles. The Labute approximate surface area is 82.0 Å². The van der Waals surface area contributed by atoms with E-state index in [1.165, 1.54) is 0 Å². The molecule has 0 radical (unpaired) electrons. The zero-order chi connectivity index (χ0) is 8.85. The van der Waals surface area contributed by atoms with Crippen molar-refractivity contribution >= 4 is 31.9 Å². The Balaban J connectivity index is 3.83. The van der Waals surface area contributed by atoms with E-state index >= 15 is 0 Å². The van der Waals surface area contributed by atoms with E-state index in [9.17, 15) is 0 Å². The number of aliphatic hydroxyl groups is 3. The molecule has 0 fully saturated rings. The van der Waals surface area contributed by atoms with Gasteiger partial charge in [0.25, 0.3) is 0 Å². The van der Waals surface area contributed by atoms with Gasteiger partial charge in [-0.1, -0.05) is 31.9 Å². The molecule has 0 amide bonds. The van der Waals surface area contributed by atoms with Crippen molar-refractivity contribution in [2.45, 2.75) is 17.7 Å². The van der Waals surface area contributed by atoms with E-state index in [1.807, 2.05) is 0 Å². The van der Waals surface area contributed by atoms with Crippen LogP contribution in [0.4, 0.5) is 0 Å². The number of aliphatic hydroxyl groups excluding tert-OH is 2. The van der Waals surface area contributed by atoms with E-state index in [2.05, 4.69) is 31.9 Å². The highest BCUT2D eigenvalue weighted by Crippen LogP contribution is 2.17. The molecule has 3 nitrogen and oxygen atoms in total. The van der Waals surface area contributed by atoms with Gasteiger partial charge in [0.05, 0.1) is 4.83 Å². The first-order chi connectivity index (χ1) is 5.09. The van der Waals surface area contributed by atoms with Crippen LogP contribution in [0.5, 0.6) is 0 Å². The SMILES string of the molecule is OC(O)=C(O)C(Br)CCCBr. The lowest BCUT2D eigenvalue weighted by Gasteiger charge is -2.06. The van der Waals surface area contributed by atoms with Gasteiger partial charge in [-0.05, 0) is 12.8 Å². The molecule has 0 aliphatic carbocycles. The number of allylic oxidation sites excluding steroid dienone is 1. The van der Waals surface area contributed by atoms with E-state index in [0.29, 0.717) is 6.42 Å². The third-order valence-corrected chi connectivity index (χ3v) is 2.57. The van der Waals surface area contributed by atoms with Crippen molar-refractivity contribution < 1.29 is 15.3 Å². The van der Waals surface area contributed by atoms with Crippen LogP contribution in [-0.2, 0) is 0 Å². The van der Waals surface area contributed by atoms with Crippen molar-refractivity contribution in [2.24, 2.45) is 0 Å². The highest BCUT2D eigenvalue weighted by molar-refractivity contribution is 9.09. The monoisotopic (exact) mass is 288 g/mol. The van der Waals surface area contributed by atoms with Crippen LogP contribution in [0.3, 0.4) is 0 Å². The highest BCUT2D eigenvalue weighted by atomic mass is 79.9. The standard InChI is InChI=1S/C6H10Br2O3/c7-3-1-2-4(8)5(9)6(10)11/h4,9-11H,1-3H2. The van der Waals surface area contributed by atoms with Crippen LogP contribution in [0.1, 0.15) is 12.8 Å². The summed E-state index contributed by atoms with van der Waals surface area (Å²) >= 11 is 6.32. The third kappa shape index (κ3) is 4.53. The Hall–Kier alpha value is 0.1000. The maximum Gasteiger partial charge on any atom is 0.314 e. The van der Waals surface area contributed by atoms with Crippen molar-refractivity contribution in [1.82, 2.24) is 0 Å². The van der Waals surface area contributed by atoms with E-state index in [0.717, 1.165) is 11.8 Å². The van der Waals surface area contributed by atoms with Crippen molar-refractivity contribution in [3.63, 3.8) is 0 Å². The van der Waals surface area contributed by atoms with Gasteiger partial charge in [-0.3, -0.25) is 0 Å². The van der Waals surface area contributed by atoms with Gasteiger partial charge in [-0.2, -0.15) is 0 Å². The van der Waals surface area contributed by atoms with Gasteiger partial charge in [-0.15, -0.1) is 0 Å². The maximum absolute atomic E-state index is 8.94.